The minimum absolute atomic E-state index is 0.214. The number of nitrogens with one attached hydrogen (secondary N) is 1. The monoisotopic (exact) mass is 744 g/mol. The van der Waals surface area contributed by atoms with Crippen LogP contribution in [0.3, 0.4) is 0 Å². The fraction of sp³-hybridized carbons (Fsp3) is 0.167. The number of nitrogens with zero attached hydrogens (tertiary/aromatic N) is 1. The summed E-state index contributed by atoms with van der Waals surface area (Å²) >= 11 is 2.04. The number of aromatic hydroxyl groups is 1. The summed E-state index contributed by atoms with van der Waals surface area (Å²) in [6.45, 7) is 10.5. The number of phenols is 1. The summed E-state index contributed by atoms with van der Waals surface area (Å²) < 4.78 is 38.0. The quantitative estimate of drug-likeness (QED) is 0.183. The van der Waals surface area contributed by atoms with Crippen LogP contribution in [0.15, 0.2) is 140 Å². The van der Waals surface area contributed by atoms with Gasteiger partial charge < -0.3 is 15.8 Å². The van der Waals surface area contributed by atoms with Crippen LogP contribution in [0, 0.1) is 20.8 Å². The van der Waals surface area contributed by atoms with Crippen molar-refractivity contribution in [1.29, 1.82) is 0 Å². The third-order valence-electron chi connectivity index (χ3n) is 7.39. The summed E-state index contributed by atoms with van der Waals surface area (Å²) in [4.78, 5) is 4.11. The van der Waals surface area contributed by atoms with Gasteiger partial charge in [-0.05, 0) is 35.7 Å². The van der Waals surface area contributed by atoms with Gasteiger partial charge in [0.05, 0.1) is 0 Å². The molecule has 0 spiro atoms. The molecular formula is C42H41F3MoN2O-2. The Bertz CT molecular complexity index is 1810. The van der Waals surface area contributed by atoms with E-state index in [0.29, 0.717) is 5.75 Å². The second-order valence-corrected chi connectivity index (χ2v) is 12.5. The van der Waals surface area contributed by atoms with Crippen molar-refractivity contribution in [3.63, 3.8) is 0 Å². The van der Waals surface area contributed by atoms with Crippen LogP contribution < -0.4 is 4.98 Å². The predicted molar refractivity (Wildman–Crippen MR) is 194 cm³/mol. The number of aryl methyl sites for hydroxylation is 3. The number of phenolic OH excluding ortho intramolecular Hbond substituents is 1. The number of hydrogen-bond donors (Lipinski definition) is 1. The molecule has 0 unspecified atom stereocenters. The largest absolute Gasteiger partial charge is 0.698 e. The Kier molecular flexibility index (Phi) is 14.4. The zero-order valence-corrected chi connectivity index (χ0v) is 30.3. The van der Waals surface area contributed by atoms with Gasteiger partial charge in [-0.2, -0.15) is 24.6 Å². The number of benzene rings is 5. The zero-order chi connectivity index (χ0) is 36.0. The summed E-state index contributed by atoms with van der Waals surface area (Å²) in [5, 5.41) is 10.6. The van der Waals surface area contributed by atoms with Crippen molar-refractivity contribution >= 4 is 10.1 Å². The molecule has 49 heavy (non-hydrogen) atoms. The van der Waals surface area contributed by atoms with Crippen LogP contribution in [0.1, 0.15) is 41.9 Å². The fourth-order valence-electron chi connectivity index (χ4n) is 4.71. The van der Waals surface area contributed by atoms with E-state index < -0.39 is 17.4 Å². The van der Waals surface area contributed by atoms with Crippen LogP contribution in [0.25, 0.3) is 28.0 Å². The predicted octanol–water partition coefficient (Wildman–Crippen LogP) is 12.0. The third-order valence-corrected chi connectivity index (χ3v) is 8.84. The van der Waals surface area contributed by atoms with E-state index in [1.54, 1.807) is 0 Å². The molecule has 0 atom stereocenters. The fourth-order valence-corrected chi connectivity index (χ4v) is 5.05. The molecule has 3 nitrogen and oxygen atoms in total. The number of rotatable bonds is 4. The van der Waals surface area contributed by atoms with Gasteiger partial charge in [0.25, 0.3) is 0 Å². The van der Waals surface area contributed by atoms with Gasteiger partial charge >= 0.3 is 85.1 Å². The standard InChI is InChI=1S/C19H16O.C10H12.C7H5F3N.C6H8N.Mo/c1-14-12-17(15-8-4-2-5-9-15)19(20)18(13-14)16-10-6-3-7-11-16;1-10(2,3)9-7-5-4-6-8-9;8-7(9,10)5-3-1-2-4-6(5)11;1-5-3-4-6(2)7-5;/h2-13,20H,1H3;1,4-8H,2-3H3;1-4,11H;3-4H,1-2H3;/q;;2*-1;. The summed E-state index contributed by atoms with van der Waals surface area (Å²) in [6, 6.07) is 43.3. The van der Waals surface area contributed by atoms with Crippen molar-refractivity contribution in [2.75, 3.05) is 0 Å². The number of alkyl halides is 3. The first-order valence-electron chi connectivity index (χ1n) is 15.6. The molecule has 254 valence electrons. The van der Waals surface area contributed by atoms with Gasteiger partial charge in [-0.25, -0.2) is 0 Å². The zero-order valence-electron chi connectivity index (χ0n) is 28.3. The molecule has 0 fully saturated rings. The molecule has 5 aromatic carbocycles. The van der Waals surface area contributed by atoms with E-state index in [9.17, 15) is 18.3 Å². The third kappa shape index (κ3) is 12.1. The maximum Gasteiger partial charge on any atom is 0.415 e. The van der Waals surface area contributed by atoms with Gasteiger partial charge in [0.1, 0.15) is 5.75 Å². The average molecular weight is 743 g/mol. The van der Waals surface area contributed by atoms with Gasteiger partial charge in [0.2, 0.25) is 0 Å². The average Bonchev–Trinajstić information content (AvgIpc) is 3.49. The van der Waals surface area contributed by atoms with Gasteiger partial charge in [-0.3, -0.25) is 0 Å². The Balaban J connectivity index is 0.000000192. The van der Waals surface area contributed by atoms with Gasteiger partial charge in [-0.1, -0.05) is 111 Å². The number of hydrogen-bond acceptors (Lipinski definition) is 1. The minimum atomic E-state index is -4.40. The van der Waals surface area contributed by atoms with Crippen molar-refractivity contribution in [1.82, 2.24) is 4.98 Å². The van der Waals surface area contributed by atoms with Crippen LogP contribution in [0.4, 0.5) is 18.9 Å². The Morgan fingerprint density at radius 3 is 1.39 bits per heavy atom. The molecule has 7 heteroatoms. The van der Waals surface area contributed by atoms with Crippen LogP contribution in [-0.2, 0) is 30.9 Å². The number of aromatic nitrogens is 1. The first kappa shape index (κ1) is 38.8. The van der Waals surface area contributed by atoms with E-state index >= 15 is 0 Å². The van der Waals surface area contributed by atoms with E-state index in [0.717, 1.165) is 51.3 Å². The van der Waals surface area contributed by atoms with E-state index in [1.807, 2.05) is 118 Å². The second kappa shape index (κ2) is 18.2. The normalized spacial score (nSPS) is 10.7. The Labute approximate surface area is 299 Å². The Morgan fingerprint density at radius 2 is 1.04 bits per heavy atom. The summed E-state index contributed by atoms with van der Waals surface area (Å²) in [5.74, 6) is 0.341. The molecule has 0 aliphatic heterocycles. The SMILES string of the molecule is CC(C)([CH]=[Mo])c1ccccc1.Cc1cc(-c2ccccc2)c(O)c(-c2ccccc2)c1.Cc1ccc(C)[n-]1.[NH-]c1ccccc1C(F)(F)F. The summed E-state index contributed by atoms with van der Waals surface area (Å²) in [5.41, 5.74) is 14.3. The number of halogens is 3. The van der Waals surface area contributed by atoms with E-state index in [4.69, 9.17) is 5.73 Å². The molecule has 6 rings (SSSR count). The Morgan fingerprint density at radius 1 is 0.633 bits per heavy atom. The molecule has 1 aromatic heterocycles. The van der Waals surface area contributed by atoms with Crippen LogP contribution in [0.5, 0.6) is 5.75 Å². The van der Waals surface area contributed by atoms with Crippen molar-refractivity contribution < 1.29 is 37.6 Å². The topological polar surface area (TPSA) is 58.1 Å². The van der Waals surface area contributed by atoms with E-state index in [1.165, 1.54) is 17.7 Å². The van der Waals surface area contributed by atoms with Crippen LogP contribution in [0.2, 0.25) is 0 Å². The molecule has 0 saturated heterocycles. The molecule has 2 N–H and O–H groups in total. The molecular weight excluding hydrogens is 701 g/mol. The molecule has 6 aromatic rings. The van der Waals surface area contributed by atoms with Gasteiger partial charge in [0, 0.05) is 16.7 Å². The summed E-state index contributed by atoms with van der Waals surface area (Å²) in [6.07, 6.45) is -4.40. The van der Waals surface area contributed by atoms with Crippen molar-refractivity contribution in [3.05, 3.63) is 173 Å². The molecule has 0 radical (unpaired) electrons. The van der Waals surface area contributed by atoms with Crippen molar-refractivity contribution in [2.24, 2.45) is 0 Å². The minimum Gasteiger partial charge on any atom is -0.698 e. The summed E-state index contributed by atoms with van der Waals surface area (Å²) in [7, 11) is 0. The maximum atomic E-state index is 11.9. The molecule has 0 amide bonds. The smallest absolute Gasteiger partial charge is 0.415 e. The molecule has 0 bridgehead atoms. The molecule has 1 heterocycles. The van der Waals surface area contributed by atoms with Crippen molar-refractivity contribution in [3.8, 4) is 28.0 Å². The van der Waals surface area contributed by atoms with Crippen LogP contribution >= 0.6 is 0 Å². The van der Waals surface area contributed by atoms with Gasteiger partial charge in [0.15, 0.2) is 0 Å². The van der Waals surface area contributed by atoms with E-state index in [-0.39, 0.29) is 5.41 Å². The van der Waals surface area contributed by atoms with Gasteiger partial charge in [-0.15, -0.1) is 5.69 Å². The Hall–Kier alpha value is -4.67. The molecule has 0 aliphatic carbocycles. The van der Waals surface area contributed by atoms with Crippen LogP contribution in [-0.4, -0.2) is 9.51 Å². The molecule has 0 saturated carbocycles. The maximum absolute atomic E-state index is 11.9. The first-order chi connectivity index (χ1) is 23.2. The van der Waals surface area contributed by atoms with Crippen molar-refractivity contribution in [2.45, 2.75) is 46.2 Å². The second-order valence-electron chi connectivity index (χ2n) is 11.9. The molecule has 0 aliphatic rings. The van der Waals surface area contributed by atoms with E-state index in [2.05, 4.69) is 60.5 Å². The first-order valence-corrected chi connectivity index (χ1v) is 16.8.